The Hall–Kier alpha value is -0.730. The molecule has 0 amide bonds. The average molecular weight is 243 g/mol. The van der Waals surface area contributed by atoms with E-state index in [-0.39, 0.29) is 0 Å². The van der Waals surface area contributed by atoms with Gasteiger partial charge in [0, 0.05) is 7.11 Å². The molecule has 0 aliphatic carbocycles. The molecule has 0 spiro atoms. The molecule has 0 radical (unpaired) electrons. The maximum atomic E-state index is 6.14. The lowest BCUT2D eigenvalue weighted by atomic mass is 9.99. The Bertz CT molecular complexity index is 326. The van der Waals surface area contributed by atoms with Crippen molar-refractivity contribution in [1.29, 1.82) is 0 Å². The van der Waals surface area contributed by atoms with Crippen LogP contribution in [-0.4, -0.2) is 20.3 Å². The summed E-state index contributed by atoms with van der Waals surface area (Å²) in [5.74, 6) is 1.26. The third-order valence-corrected chi connectivity index (χ3v) is 2.98. The number of hydrogen-bond donors (Lipinski definition) is 0. The molecule has 0 aliphatic rings. The molecule has 0 aliphatic heterocycles. The van der Waals surface area contributed by atoms with Gasteiger partial charge >= 0.3 is 0 Å². The van der Waals surface area contributed by atoms with Crippen molar-refractivity contribution in [3.63, 3.8) is 0 Å². The van der Waals surface area contributed by atoms with Gasteiger partial charge in [-0.05, 0) is 30.0 Å². The first-order valence-electron chi connectivity index (χ1n) is 5.60. The van der Waals surface area contributed by atoms with Crippen LogP contribution < -0.4 is 4.74 Å². The topological polar surface area (TPSA) is 18.5 Å². The van der Waals surface area contributed by atoms with Crippen LogP contribution in [0.25, 0.3) is 0 Å². The fraction of sp³-hybridized carbons (Fsp3) is 0.538. The van der Waals surface area contributed by atoms with Crippen LogP contribution in [0.2, 0.25) is 5.02 Å². The number of halogens is 1. The molecule has 16 heavy (non-hydrogen) atoms. The first kappa shape index (κ1) is 13.3. The summed E-state index contributed by atoms with van der Waals surface area (Å²) in [6, 6.07) is 5.99. The van der Waals surface area contributed by atoms with E-state index in [0.717, 1.165) is 12.2 Å². The van der Waals surface area contributed by atoms with Crippen molar-refractivity contribution in [3.05, 3.63) is 28.8 Å². The lowest BCUT2D eigenvalue weighted by molar-refractivity contribution is 0.146. The van der Waals surface area contributed by atoms with Crippen LogP contribution in [0.15, 0.2) is 18.2 Å². The minimum absolute atomic E-state index is 0.527. The van der Waals surface area contributed by atoms with E-state index in [2.05, 4.69) is 19.9 Å². The highest BCUT2D eigenvalue weighted by molar-refractivity contribution is 6.32. The lowest BCUT2D eigenvalue weighted by Crippen LogP contribution is -2.04. The summed E-state index contributed by atoms with van der Waals surface area (Å²) in [6.07, 6.45) is 1.11. The molecular formula is C13H19ClO2. The monoisotopic (exact) mass is 242 g/mol. The van der Waals surface area contributed by atoms with Gasteiger partial charge < -0.3 is 9.47 Å². The molecule has 1 aromatic rings. The Labute approximate surface area is 103 Å². The predicted octanol–water partition coefficient (Wildman–Crippen LogP) is 3.88. The van der Waals surface area contributed by atoms with Gasteiger partial charge in [0.05, 0.1) is 11.6 Å². The quantitative estimate of drug-likeness (QED) is 0.705. The Morgan fingerprint density at radius 2 is 2.06 bits per heavy atom. The van der Waals surface area contributed by atoms with Crippen LogP contribution in [0.4, 0.5) is 0 Å². The van der Waals surface area contributed by atoms with Crippen molar-refractivity contribution in [3.8, 4) is 5.75 Å². The summed E-state index contributed by atoms with van der Waals surface area (Å²) in [5.41, 5.74) is 1.26. The second kappa shape index (κ2) is 6.77. The van der Waals surface area contributed by atoms with E-state index >= 15 is 0 Å². The van der Waals surface area contributed by atoms with Crippen molar-refractivity contribution in [2.75, 3.05) is 20.3 Å². The third-order valence-electron chi connectivity index (χ3n) is 2.68. The predicted molar refractivity (Wildman–Crippen MR) is 67.5 cm³/mol. The molecule has 0 aromatic heterocycles. The van der Waals surface area contributed by atoms with E-state index in [0.29, 0.717) is 24.2 Å². The maximum absolute atomic E-state index is 6.14. The van der Waals surface area contributed by atoms with E-state index in [9.17, 15) is 0 Å². The molecule has 1 aromatic carbocycles. The number of rotatable bonds is 6. The minimum Gasteiger partial charge on any atom is -0.490 e. The Balaban J connectivity index is 2.67. The molecular weight excluding hydrogens is 224 g/mol. The van der Waals surface area contributed by atoms with Gasteiger partial charge in [-0.1, -0.05) is 31.5 Å². The van der Waals surface area contributed by atoms with E-state index in [4.69, 9.17) is 21.1 Å². The lowest BCUT2D eigenvalue weighted by Gasteiger charge is -2.12. The zero-order chi connectivity index (χ0) is 12.0. The Morgan fingerprint density at radius 3 is 2.62 bits per heavy atom. The first-order valence-corrected chi connectivity index (χ1v) is 5.98. The molecule has 0 bridgehead atoms. The fourth-order valence-corrected chi connectivity index (χ4v) is 1.65. The number of benzene rings is 1. The summed E-state index contributed by atoms with van der Waals surface area (Å²) < 4.78 is 10.4. The molecule has 1 atom stereocenters. The fourth-order valence-electron chi connectivity index (χ4n) is 1.41. The summed E-state index contributed by atoms with van der Waals surface area (Å²) >= 11 is 6.14. The summed E-state index contributed by atoms with van der Waals surface area (Å²) in [6.45, 7) is 5.46. The molecule has 90 valence electrons. The Kier molecular flexibility index (Phi) is 5.64. The molecule has 0 saturated heterocycles. The molecule has 2 nitrogen and oxygen atoms in total. The van der Waals surface area contributed by atoms with Gasteiger partial charge in [0.2, 0.25) is 0 Å². The van der Waals surface area contributed by atoms with E-state index in [1.54, 1.807) is 7.11 Å². The van der Waals surface area contributed by atoms with Crippen LogP contribution in [-0.2, 0) is 4.74 Å². The van der Waals surface area contributed by atoms with Crippen LogP contribution >= 0.6 is 11.6 Å². The molecule has 1 rings (SSSR count). The van der Waals surface area contributed by atoms with Gasteiger partial charge in [-0.25, -0.2) is 0 Å². The summed E-state index contributed by atoms with van der Waals surface area (Å²) in [4.78, 5) is 0. The van der Waals surface area contributed by atoms with Crippen LogP contribution in [0.3, 0.4) is 0 Å². The molecule has 0 saturated carbocycles. The van der Waals surface area contributed by atoms with Crippen molar-refractivity contribution in [2.24, 2.45) is 0 Å². The van der Waals surface area contributed by atoms with Gasteiger partial charge in [0.25, 0.3) is 0 Å². The van der Waals surface area contributed by atoms with Gasteiger partial charge in [0.1, 0.15) is 12.4 Å². The summed E-state index contributed by atoms with van der Waals surface area (Å²) in [5, 5.41) is 0.675. The standard InChI is InChI=1S/C13H19ClO2/c1-4-10(2)11-5-6-13(12(14)9-11)16-8-7-15-3/h5-6,9-10H,4,7-8H2,1-3H3. The van der Waals surface area contributed by atoms with Gasteiger partial charge in [-0.2, -0.15) is 0 Å². The van der Waals surface area contributed by atoms with Crippen LogP contribution in [0, 0.1) is 0 Å². The molecule has 0 heterocycles. The molecule has 0 fully saturated rings. The number of methoxy groups -OCH3 is 1. The molecule has 1 unspecified atom stereocenters. The number of ether oxygens (including phenoxy) is 2. The van der Waals surface area contributed by atoms with Crippen LogP contribution in [0.1, 0.15) is 31.7 Å². The number of hydrogen-bond acceptors (Lipinski definition) is 2. The van der Waals surface area contributed by atoms with E-state index in [1.807, 2.05) is 12.1 Å². The SMILES string of the molecule is CCC(C)c1ccc(OCCOC)c(Cl)c1. The highest BCUT2D eigenvalue weighted by Gasteiger charge is 2.07. The minimum atomic E-state index is 0.527. The normalized spacial score (nSPS) is 12.5. The van der Waals surface area contributed by atoms with E-state index < -0.39 is 0 Å². The second-order valence-electron chi connectivity index (χ2n) is 3.84. The highest BCUT2D eigenvalue weighted by Crippen LogP contribution is 2.29. The zero-order valence-corrected chi connectivity index (χ0v) is 10.9. The van der Waals surface area contributed by atoms with E-state index in [1.165, 1.54) is 5.56 Å². The average Bonchev–Trinajstić information content (AvgIpc) is 2.30. The second-order valence-corrected chi connectivity index (χ2v) is 4.25. The largest absolute Gasteiger partial charge is 0.490 e. The van der Waals surface area contributed by atoms with Crippen molar-refractivity contribution >= 4 is 11.6 Å². The summed E-state index contributed by atoms with van der Waals surface area (Å²) in [7, 11) is 1.65. The van der Waals surface area contributed by atoms with Gasteiger partial charge in [0.15, 0.2) is 0 Å². The van der Waals surface area contributed by atoms with Crippen molar-refractivity contribution < 1.29 is 9.47 Å². The third kappa shape index (κ3) is 3.69. The molecule has 0 N–H and O–H groups in total. The van der Waals surface area contributed by atoms with Gasteiger partial charge in [-0.3, -0.25) is 0 Å². The smallest absolute Gasteiger partial charge is 0.138 e. The Morgan fingerprint density at radius 1 is 1.31 bits per heavy atom. The maximum Gasteiger partial charge on any atom is 0.138 e. The van der Waals surface area contributed by atoms with Crippen molar-refractivity contribution in [1.82, 2.24) is 0 Å². The highest BCUT2D eigenvalue weighted by atomic mass is 35.5. The van der Waals surface area contributed by atoms with Gasteiger partial charge in [-0.15, -0.1) is 0 Å². The molecule has 3 heteroatoms. The first-order chi connectivity index (χ1) is 7.69. The van der Waals surface area contributed by atoms with Crippen LogP contribution in [0.5, 0.6) is 5.75 Å². The van der Waals surface area contributed by atoms with Crippen molar-refractivity contribution in [2.45, 2.75) is 26.2 Å². The zero-order valence-electron chi connectivity index (χ0n) is 10.1.